The van der Waals surface area contributed by atoms with Crippen molar-refractivity contribution >= 4 is 12.0 Å². The second kappa shape index (κ2) is 12.3. The smallest absolute Gasteiger partial charge is 0.550 e. The van der Waals surface area contributed by atoms with Crippen molar-refractivity contribution in [3.8, 4) is 16.9 Å². The monoisotopic (exact) mass is 442 g/mol. The summed E-state index contributed by atoms with van der Waals surface area (Å²) in [5.74, 6) is -2.51. The molecule has 0 aromatic heterocycles. The Hall–Kier alpha value is -1.77. The van der Waals surface area contributed by atoms with Crippen LogP contribution in [0, 0.1) is 11.6 Å². The normalized spacial score (nSPS) is 13.2. The number of rotatable bonds is 9. The van der Waals surface area contributed by atoms with E-state index in [9.17, 15) is 28.9 Å². The fraction of sp³-hybridized carbons (Fsp3) is 0.348. The molecule has 2 aromatic carbocycles. The SMILES string of the molecule is COc1c(F)cc(C(C)C)c(/C=C/C(O)CC(O)CC(=O)[O-])c1-c1ccc(F)cc1.[Na+]. The van der Waals surface area contributed by atoms with Crippen molar-refractivity contribution in [3.05, 3.63) is 59.2 Å². The third-order valence-corrected chi connectivity index (χ3v) is 4.67. The fourth-order valence-corrected chi connectivity index (χ4v) is 3.27. The van der Waals surface area contributed by atoms with E-state index in [0.29, 0.717) is 22.3 Å². The standard InChI is InChI=1S/C23H26F2O5.Na/c1-13(2)19-12-20(25)23(30-3)22(14-4-6-15(24)7-5-14)18(19)9-8-16(26)10-17(27)11-21(28)29;/h4-9,12-13,16-17,26-27H,10-11H2,1-3H3,(H,28,29);/q;+1/p-1/b9-8+;. The van der Waals surface area contributed by atoms with Crippen LogP contribution in [-0.4, -0.2) is 35.5 Å². The van der Waals surface area contributed by atoms with E-state index in [0.717, 1.165) is 0 Å². The number of carboxylic acids is 1. The van der Waals surface area contributed by atoms with Crippen molar-refractivity contribution in [2.75, 3.05) is 7.11 Å². The van der Waals surface area contributed by atoms with E-state index in [-0.39, 0.29) is 47.6 Å². The number of aliphatic carboxylic acids is 1. The van der Waals surface area contributed by atoms with Crippen LogP contribution >= 0.6 is 0 Å². The Bertz CT molecular complexity index is 913. The van der Waals surface area contributed by atoms with Gasteiger partial charge in [-0.25, -0.2) is 8.78 Å². The Morgan fingerprint density at radius 2 is 1.81 bits per heavy atom. The van der Waals surface area contributed by atoms with Gasteiger partial charge in [-0.3, -0.25) is 0 Å². The molecule has 0 amide bonds. The Morgan fingerprint density at radius 3 is 2.32 bits per heavy atom. The quantitative estimate of drug-likeness (QED) is 0.535. The number of ether oxygens (including phenoxy) is 1. The van der Waals surface area contributed by atoms with Gasteiger partial charge in [0, 0.05) is 24.4 Å². The second-order valence-corrected chi connectivity index (χ2v) is 7.32. The van der Waals surface area contributed by atoms with Gasteiger partial charge >= 0.3 is 29.6 Å². The van der Waals surface area contributed by atoms with E-state index in [1.807, 2.05) is 13.8 Å². The maximum Gasteiger partial charge on any atom is 1.00 e. The summed E-state index contributed by atoms with van der Waals surface area (Å²) in [7, 11) is 1.33. The summed E-state index contributed by atoms with van der Waals surface area (Å²) < 4.78 is 33.4. The van der Waals surface area contributed by atoms with E-state index in [2.05, 4.69) is 0 Å². The van der Waals surface area contributed by atoms with Gasteiger partial charge in [0.15, 0.2) is 11.6 Å². The zero-order valence-electron chi connectivity index (χ0n) is 18.1. The van der Waals surface area contributed by atoms with Crippen molar-refractivity contribution in [1.82, 2.24) is 0 Å². The fourth-order valence-electron chi connectivity index (χ4n) is 3.27. The molecular formula is C23H25F2NaO5. The number of hydrogen-bond donors (Lipinski definition) is 2. The van der Waals surface area contributed by atoms with Gasteiger partial charge in [0.1, 0.15) is 5.82 Å². The van der Waals surface area contributed by atoms with Crippen LogP contribution in [0.4, 0.5) is 8.78 Å². The molecule has 2 N–H and O–H groups in total. The number of carbonyl (C=O) groups excluding carboxylic acids is 1. The number of carboxylic acid groups (broad SMARTS) is 1. The Morgan fingerprint density at radius 1 is 1.19 bits per heavy atom. The Balaban J connectivity index is 0.00000480. The summed E-state index contributed by atoms with van der Waals surface area (Å²) in [6.45, 7) is 3.76. The molecule has 8 heteroatoms. The molecule has 0 aliphatic carbocycles. The molecule has 0 saturated heterocycles. The van der Waals surface area contributed by atoms with Crippen LogP contribution in [0.25, 0.3) is 17.2 Å². The number of benzene rings is 2. The van der Waals surface area contributed by atoms with Gasteiger partial charge < -0.3 is 24.9 Å². The van der Waals surface area contributed by atoms with Gasteiger partial charge in [-0.05, 0) is 40.8 Å². The first kappa shape index (κ1) is 27.3. The second-order valence-electron chi connectivity index (χ2n) is 7.32. The maximum atomic E-state index is 14.7. The van der Waals surface area contributed by atoms with Crippen LogP contribution in [0.2, 0.25) is 0 Å². The van der Waals surface area contributed by atoms with Crippen LogP contribution in [0.5, 0.6) is 5.75 Å². The number of carbonyl (C=O) groups is 1. The van der Waals surface area contributed by atoms with E-state index >= 15 is 0 Å². The number of hydrogen-bond acceptors (Lipinski definition) is 5. The Kier molecular flexibility index (Phi) is 10.8. The van der Waals surface area contributed by atoms with Crippen LogP contribution in [0.15, 0.2) is 36.4 Å². The van der Waals surface area contributed by atoms with Gasteiger partial charge in [-0.15, -0.1) is 0 Å². The molecule has 0 saturated carbocycles. The van der Waals surface area contributed by atoms with Crippen LogP contribution in [0.3, 0.4) is 0 Å². The van der Waals surface area contributed by atoms with Gasteiger partial charge in [-0.1, -0.05) is 38.1 Å². The van der Waals surface area contributed by atoms with E-state index < -0.39 is 36.2 Å². The molecule has 2 atom stereocenters. The molecule has 0 spiro atoms. The van der Waals surface area contributed by atoms with Crippen LogP contribution in [0.1, 0.15) is 43.7 Å². The van der Waals surface area contributed by atoms with Crippen molar-refractivity contribution < 1.29 is 63.2 Å². The van der Waals surface area contributed by atoms with Crippen molar-refractivity contribution in [1.29, 1.82) is 0 Å². The molecule has 2 aromatic rings. The summed E-state index contributed by atoms with van der Waals surface area (Å²) in [4.78, 5) is 10.6. The minimum atomic E-state index is -1.41. The average molecular weight is 442 g/mol. The molecule has 5 nitrogen and oxygen atoms in total. The third kappa shape index (κ3) is 7.40. The zero-order chi connectivity index (χ0) is 22.4. The Labute approximate surface area is 202 Å². The van der Waals surface area contributed by atoms with Gasteiger partial charge in [-0.2, -0.15) is 0 Å². The minimum absolute atomic E-state index is 0. The molecule has 2 rings (SSSR count). The van der Waals surface area contributed by atoms with Gasteiger partial charge in [0.05, 0.1) is 19.3 Å². The third-order valence-electron chi connectivity index (χ3n) is 4.67. The van der Waals surface area contributed by atoms with Crippen LogP contribution in [-0.2, 0) is 4.79 Å². The van der Waals surface area contributed by atoms with Crippen molar-refractivity contribution in [3.63, 3.8) is 0 Å². The summed E-state index contributed by atoms with van der Waals surface area (Å²) in [6.07, 6.45) is -0.231. The summed E-state index contributed by atoms with van der Waals surface area (Å²) in [5.41, 5.74) is 2.15. The molecule has 0 radical (unpaired) electrons. The first-order chi connectivity index (χ1) is 14.1. The molecule has 0 aliphatic rings. The first-order valence-corrected chi connectivity index (χ1v) is 9.54. The molecule has 0 fully saturated rings. The molecule has 0 aliphatic heterocycles. The largest absolute Gasteiger partial charge is 1.00 e. The molecular weight excluding hydrogens is 417 g/mol. The topological polar surface area (TPSA) is 89.8 Å². The molecule has 2 unspecified atom stereocenters. The zero-order valence-corrected chi connectivity index (χ0v) is 20.1. The average Bonchev–Trinajstić information content (AvgIpc) is 2.66. The predicted octanol–water partition coefficient (Wildman–Crippen LogP) is 0.0329. The summed E-state index contributed by atoms with van der Waals surface area (Å²) in [5, 5.41) is 30.4. The van der Waals surface area contributed by atoms with E-state index in [4.69, 9.17) is 4.74 Å². The number of methoxy groups -OCH3 is 1. The number of aliphatic hydroxyl groups is 2. The predicted molar refractivity (Wildman–Crippen MR) is 108 cm³/mol. The minimum Gasteiger partial charge on any atom is -0.550 e. The van der Waals surface area contributed by atoms with Gasteiger partial charge in [0.25, 0.3) is 0 Å². The molecule has 0 bridgehead atoms. The van der Waals surface area contributed by atoms with E-state index in [1.165, 1.54) is 43.5 Å². The molecule has 31 heavy (non-hydrogen) atoms. The number of aliphatic hydroxyl groups excluding tert-OH is 2. The van der Waals surface area contributed by atoms with Crippen molar-refractivity contribution in [2.45, 2.75) is 44.8 Å². The van der Waals surface area contributed by atoms with Crippen molar-refractivity contribution in [2.24, 2.45) is 0 Å². The first-order valence-electron chi connectivity index (χ1n) is 9.54. The maximum absolute atomic E-state index is 14.7. The number of halogens is 2. The summed E-state index contributed by atoms with van der Waals surface area (Å²) in [6, 6.07) is 6.89. The van der Waals surface area contributed by atoms with E-state index in [1.54, 1.807) is 6.08 Å². The van der Waals surface area contributed by atoms with Gasteiger partial charge in [0.2, 0.25) is 0 Å². The van der Waals surface area contributed by atoms with Crippen LogP contribution < -0.4 is 39.4 Å². The molecule has 0 heterocycles. The molecule has 162 valence electrons. The summed E-state index contributed by atoms with van der Waals surface area (Å²) >= 11 is 0.